The van der Waals surface area contributed by atoms with Crippen molar-refractivity contribution in [1.82, 2.24) is 5.32 Å². The summed E-state index contributed by atoms with van der Waals surface area (Å²) in [6.45, 7) is 6.56. The highest BCUT2D eigenvalue weighted by atomic mass is 16.6. The first-order valence-corrected chi connectivity index (χ1v) is 5.96. The van der Waals surface area contributed by atoms with Gasteiger partial charge in [0.05, 0.1) is 0 Å². The van der Waals surface area contributed by atoms with Gasteiger partial charge in [-0.1, -0.05) is 46.5 Å². The van der Waals surface area contributed by atoms with E-state index in [1.54, 1.807) is 20.8 Å². The fraction of sp³-hybridized carbons (Fsp3) is 0.833. The summed E-state index contributed by atoms with van der Waals surface area (Å²) < 4.78 is 4.86. The highest BCUT2D eigenvalue weighted by molar-refractivity contribution is 5.73. The van der Waals surface area contributed by atoms with Crippen LogP contribution in [0.25, 0.3) is 0 Å². The molecule has 0 bridgehead atoms. The van der Waals surface area contributed by atoms with Crippen LogP contribution in [0.5, 0.6) is 0 Å². The molecule has 0 aliphatic heterocycles. The van der Waals surface area contributed by atoms with Crippen molar-refractivity contribution in [3.8, 4) is 0 Å². The number of hydrogen-bond acceptors (Lipinski definition) is 4. The highest BCUT2D eigenvalue weighted by Gasteiger charge is 2.03. The SMILES string of the molecule is C1CCC1.CC(=O)NCN=C([O-])OC(C)(C)C. The van der Waals surface area contributed by atoms with Crippen molar-refractivity contribution in [2.24, 2.45) is 4.99 Å². The van der Waals surface area contributed by atoms with Gasteiger partial charge >= 0.3 is 0 Å². The zero-order valence-corrected chi connectivity index (χ0v) is 11.2. The topological polar surface area (TPSA) is 73.8 Å². The molecule has 0 atom stereocenters. The number of nitrogens with zero attached hydrogens (tertiary/aromatic N) is 1. The fourth-order valence-corrected chi connectivity index (χ4v) is 0.760. The maximum Gasteiger partial charge on any atom is 0.218 e. The molecule has 1 saturated carbocycles. The van der Waals surface area contributed by atoms with Gasteiger partial charge in [-0.25, -0.2) is 4.99 Å². The minimum atomic E-state index is -0.666. The smallest absolute Gasteiger partial charge is 0.218 e. The van der Waals surface area contributed by atoms with Crippen LogP contribution in [-0.2, 0) is 9.53 Å². The van der Waals surface area contributed by atoms with Crippen molar-refractivity contribution in [2.75, 3.05) is 6.67 Å². The number of aliphatic imine (C=N–C) groups is 1. The second kappa shape index (κ2) is 7.92. The van der Waals surface area contributed by atoms with Gasteiger partial charge in [0, 0.05) is 12.5 Å². The lowest BCUT2D eigenvalue weighted by Gasteiger charge is -2.29. The van der Waals surface area contributed by atoms with E-state index in [1.807, 2.05) is 0 Å². The summed E-state index contributed by atoms with van der Waals surface area (Å²) in [5, 5.41) is 13.3. The summed E-state index contributed by atoms with van der Waals surface area (Å²) >= 11 is 0. The van der Waals surface area contributed by atoms with Gasteiger partial charge in [0.2, 0.25) is 5.91 Å². The van der Waals surface area contributed by atoms with E-state index >= 15 is 0 Å². The monoisotopic (exact) mass is 243 g/mol. The largest absolute Gasteiger partial charge is 0.595 e. The second-order valence-corrected chi connectivity index (χ2v) is 4.94. The Bertz CT molecular complexity index is 249. The predicted octanol–water partition coefficient (Wildman–Crippen LogP) is 1.17. The van der Waals surface area contributed by atoms with Gasteiger partial charge in [-0.3, -0.25) is 4.79 Å². The van der Waals surface area contributed by atoms with Crippen LogP contribution in [0.2, 0.25) is 0 Å². The Morgan fingerprint density at radius 2 is 1.76 bits per heavy atom. The molecule has 5 heteroatoms. The average Bonchev–Trinajstić information content (AvgIpc) is 1.95. The highest BCUT2D eigenvalue weighted by Crippen LogP contribution is 2.15. The molecule has 0 unspecified atom stereocenters. The maximum atomic E-state index is 10.9. The number of ether oxygens (including phenoxy) is 1. The summed E-state index contributed by atoms with van der Waals surface area (Å²) in [5.74, 6) is -0.229. The summed E-state index contributed by atoms with van der Waals surface area (Å²) in [4.78, 5) is 13.8. The zero-order valence-electron chi connectivity index (χ0n) is 11.2. The van der Waals surface area contributed by atoms with Gasteiger partial charge in [0.15, 0.2) is 0 Å². The molecule has 1 fully saturated rings. The minimum Gasteiger partial charge on any atom is -0.595 e. The van der Waals surface area contributed by atoms with Crippen LogP contribution < -0.4 is 10.4 Å². The molecule has 0 heterocycles. The van der Waals surface area contributed by atoms with Crippen LogP contribution in [0.1, 0.15) is 53.4 Å². The minimum absolute atomic E-state index is 0.0375. The quantitative estimate of drug-likeness (QED) is 0.584. The molecule has 0 aromatic carbocycles. The normalized spacial score (nSPS) is 15.2. The summed E-state index contributed by atoms with van der Waals surface area (Å²) in [6.07, 6.45) is 5.33. The number of hydrogen-bond donors (Lipinski definition) is 1. The van der Waals surface area contributed by atoms with Crippen molar-refractivity contribution in [3.05, 3.63) is 0 Å². The first kappa shape index (κ1) is 15.7. The van der Waals surface area contributed by atoms with Gasteiger partial charge in [-0.2, -0.15) is 0 Å². The van der Waals surface area contributed by atoms with E-state index in [4.69, 9.17) is 4.74 Å². The van der Waals surface area contributed by atoms with Crippen LogP contribution in [0, 0.1) is 0 Å². The Morgan fingerprint density at radius 3 is 2.06 bits per heavy atom. The predicted molar refractivity (Wildman–Crippen MR) is 65.4 cm³/mol. The van der Waals surface area contributed by atoms with Crippen LogP contribution in [0.15, 0.2) is 4.99 Å². The number of rotatable bonds is 2. The molecule has 0 spiro atoms. The lowest BCUT2D eigenvalue weighted by molar-refractivity contribution is -0.260. The van der Waals surface area contributed by atoms with E-state index in [0.717, 1.165) is 0 Å². The Labute approximate surface area is 103 Å². The standard InChI is InChI=1S/C8H16N2O3.C4H8/c1-6(11)9-5-10-7(12)13-8(2,3)4;1-2-4-3-1/h5H2,1-4H3,(H,9,11)(H,10,12);1-4H2/p-1. The van der Waals surface area contributed by atoms with Crippen LogP contribution in [0.3, 0.4) is 0 Å². The van der Waals surface area contributed by atoms with E-state index in [0.29, 0.717) is 0 Å². The third-order valence-corrected chi connectivity index (χ3v) is 1.93. The maximum absolute atomic E-state index is 10.9. The lowest BCUT2D eigenvalue weighted by Crippen LogP contribution is -2.33. The Balaban J connectivity index is 0.000000529. The lowest BCUT2D eigenvalue weighted by atomic mass is 10.0. The Morgan fingerprint density at radius 1 is 1.29 bits per heavy atom. The Hall–Kier alpha value is -1.26. The summed E-state index contributed by atoms with van der Waals surface area (Å²) in [7, 11) is 0. The molecular formula is C12H23N2O3-. The molecule has 0 aromatic rings. The van der Waals surface area contributed by atoms with Gasteiger partial charge in [-0.15, -0.1) is 0 Å². The van der Waals surface area contributed by atoms with E-state index in [1.165, 1.54) is 32.6 Å². The number of carbonyl (C=O) groups is 1. The third kappa shape index (κ3) is 12.7. The summed E-state index contributed by atoms with van der Waals surface area (Å²) in [6, 6.07) is 0. The van der Waals surface area contributed by atoms with E-state index in [9.17, 15) is 9.90 Å². The van der Waals surface area contributed by atoms with E-state index in [-0.39, 0.29) is 12.6 Å². The number of carbonyl (C=O) groups excluding carboxylic acids is 1. The molecule has 100 valence electrons. The molecule has 1 N–H and O–H groups in total. The van der Waals surface area contributed by atoms with Crippen molar-refractivity contribution < 1.29 is 14.6 Å². The molecular weight excluding hydrogens is 220 g/mol. The van der Waals surface area contributed by atoms with E-state index in [2.05, 4.69) is 10.3 Å². The van der Waals surface area contributed by atoms with Gasteiger partial charge in [0.1, 0.15) is 12.8 Å². The molecule has 0 saturated heterocycles. The average molecular weight is 243 g/mol. The molecule has 0 radical (unpaired) electrons. The zero-order chi connectivity index (χ0) is 13.3. The van der Waals surface area contributed by atoms with Crippen LogP contribution in [0.4, 0.5) is 0 Å². The van der Waals surface area contributed by atoms with E-state index < -0.39 is 11.7 Å². The molecule has 1 rings (SSSR count). The van der Waals surface area contributed by atoms with Crippen molar-refractivity contribution >= 4 is 12.0 Å². The third-order valence-electron chi connectivity index (χ3n) is 1.93. The van der Waals surface area contributed by atoms with Crippen molar-refractivity contribution in [2.45, 2.75) is 59.0 Å². The number of amides is 1. The van der Waals surface area contributed by atoms with Crippen LogP contribution in [-0.4, -0.2) is 24.3 Å². The molecule has 1 aliphatic carbocycles. The van der Waals surface area contributed by atoms with Crippen molar-refractivity contribution in [3.63, 3.8) is 0 Å². The first-order valence-electron chi connectivity index (χ1n) is 5.96. The fourth-order valence-electron chi connectivity index (χ4n) is 0.760. The Kier molecular flexibility index (Phi) is 7.34. The first-order chi connectivity index (χ1) is 7.81. The molecule has 17 heavy (non-hydrogen) atoms. The molecule has 1 amide bonds. The second-order valence-electron chi connectivity index (χ2n) is 4.94. The van der Waals surface area contributed by atoms with Gasteiger partial charge < -0.3 is 15.2 Å². The summed E-state index contributed by atoms with van der Waals surface area (Å²) in [5.41, 5.74) is -0.545. The molecule has 5 nitrogen and oxygen atoms in total. The molecule has 0 aromatic heterocycles. The number of nitrogens with one attached hydrogen (secondary N) is 1. The molecule has 1 aliphatic rings. The van der Waals surface area contributed by atoms with Gasteiger partial charge in [0.25, 0.3) is 0 Å². The van der Waals surface area contributed by atoms with Crippen LogP contribution >= 0.6 is 0 Å². The van der Waals surface area contributed by atoms with Crippen molar-refractivity contribution in [1.29, 1.82) is 0 Å². The van der Waals surface area contributed by atoms with Gasteiger partial charge in [-0.05, 0) is 0 Å².